The van der Waals surface area contributed by atoms with Crippen LogP contribution in [0.25, 0.3) is 0 Å². The van der Waals surface area contributed by atoms with Crippen molar-refractivity contribution < 1.29 is 19.1 Å². The minimum atomic E-state index is -0.233. The molecule has 3 rings (SSSR count). The molecule has 6 nitrogen and oxygen atoms in total. The Morgan fingerprint density at radius 3 is 2.89 bits per heavy atom. The predicted octanol–water partition coefficient (Wildman–Crippen LogP) is 2.86. The van der Waals surface area contributed by atoms with Crippen LogP contribution >= 0.6 is 11.3 Å². The maximum atomic E-state index is 12.4. The summed E-state index contributed by atoms with van der Waals surface area (Å²) < 4.78 is 10.7. The minimum Gasteiger partial charge on any atom is -0.493 e. The van der Waals surface area contributed by atoms with Crippen LogP contribution in [-0.4, -0.2) is 43.5 Å². The van der Waals surface area contributed by atoms with Crippen molar-refractivity contribution in [3.8, 4) is 11.5 Å². The topological polar surface area (TPSA) is 67.9 Å². The van der Waals surface area contributed by atoms with Crippen LogP contribution in [0.15, 0.2) is 29.6 Å². The summed E-state index contributed by atoms with van der Waals surface area (Å²) in [7, 11) is 1.54. The lowest BCUT2D eigenvalue weighted by Crippen LogP contribution is -2.37. The number of ether oxygens (including phenoxy) is 2. The molecule has 2 aromatic rings. The van der Waals surface area contributed by atoms with Crippen molar-refractivity contribution in [1.29, 1.82) is 0 Å². The standard InChI is InChI=1S/C20H24N2O4S/c1-3-26-16-5-4-14(12-17(16)25-2)20(24)21-9-6-19(23)22-10-7-18-15(13-22)8-11-27-18/h4-5,8,11-12H,3,6-7,9-10,13H2,1-2H3,(H,21,24). The quantitative estimate of drug-likeness (QED) is 0.792. The largest absolute Gasteiger partial charge is 0.493 e. The molecule has 1 aromatic carbocycles. The predicted molar refractivity (Wildman–Crippen MR) is 105 cm³/mol. The SMILES string of the molecule is CCOc1ccc(C(=O)NCCC(=O)N2CCc3sccc3C2)cc1OC. The lowest BCUT2D eigenvalue weighted by Gasteiger charge is -2.27. The van der Waals surface area contributed by atoms with Crippen LogP contribution in [-0.2, 0) is 17.8 Å². The molecule has 0 atom stereocenters. The minimum absolute atomic E-state index is 0.0661. The molecule has 7 heteroatoms. The van der Waals surface area contributed by atoms with E-state index in [4.69, 9.17) is 9.47 Å². The zero-order valence-corrected chi connectivity index (χ0v) is 16.4. The first kappa shape index (κ1) is 19.2. The van der Waals surface area contributed by atoms with E-state index in [0.717, 1.165) is 13.0 Å². The normalized spacial score (nSPS) is 13.0. The third-order valence-electron chi connectivity index (χ3n) is 4.51. The van der Waals surface area contributed by atoms with Gasteiger partial charge < -0.3 is 19.7 Å². The molecule has 0 aliphatic carbocycles. The Labute approximate surface area is 163 Å². The number of amides is 2. The molecule has 0 bridgehead atoms. The van der Waals surface area contributed by atoms with Gasteiger partial charge in [-0.05, 0) is 48.6 Å². The van der Waals surface area contributed by atoms with E-state index >= 15 is 0 Å². The second kappa shape index (κ2) is 8.90. The van der Waals surface area contributed by atoms with Crippen molar-refractivity contribution in [3.05, 3.63) is 45.6 Å². The van der Waals surface area contributed by atoms with Gasteiger partial charge in [0.1, 0.15) is 0 Å². The van der Waals surface area contributed by atoms with Gasteiger partial charge in [-0.25, -0.2) is 0 Å². The highest BCUT2D eigenvalue weighted by molar-refractivity contribution is 7.10. The molecule has 0 spiro atoms. The number of thiophene rings is 1. The van der Waals surface area contributed by atoms with Gasteiger partial charge in [-0.15, -0.1) is 11.3 Å². The Balaban J connectivity index is 1.50. The van der Waals surface area contributed by atoms with E-state index in [1.54, 1.807) is 29.5 Å². The molecule has 2 amide bonds. The first-order valence-electron chi connectivity index (χ1n) is 9.04. The van der Waals surface area contributed by atoms with Crippen LogP contribution in [0.5, 0.6) is 11.5 Å². The van der Waals surface area contributed by atoms with Crippen molar-refractivity contribution in [2.75, 3.05) is 26.8 Å². The molecule has 1 aliphatic rings. The first-order chi connectivity index (χ1) is 13.1. The maximum absolute atomic E-state index is 12.4. The highest BCUT2D eigenvalue weighted by Crippen LogP contribution is 2.28. The number of nitrogens with zero attached hydrogens (tertiary/aromatic N) is 1. The highest BCUT2D eigenvalue weighted by Gasteiger charge is 2.21. The fraction of sp³-hybridized carbons (Fsp3) is 0.400. The Morgan fingerprint density at radius 1 is 1.26 bits per heavy atom. The number of rotatable bonds is 7. The number of fused-ring (bicyclic) bond motifs is 1. The van der Waals surface area contributed by atoms with Gasteiger partial charge in [0.25, 0.3) is 5.91 Å². The fourth-order valence-corrected chi connectivity index (χ4v) is 3.98. The van der Waals surface area contributed by atoms with Gasteiger partial charge in [-0.1, -0.05) is 0 Å². The molecule has 0 unspecified atom stereocenters. The summed E-state index contributed by atoms with van der Waals surface area (Å²) >= 11 is 1.75. The summed E-state index contributed by atoms with van der Waals surface area (Å²) in [4.78, 5) is 28.0. The van der Waals surface area contributed by atoms with E-state index in [9.17, 15) is 9.59 Å². The van der Waals surface area contributed by atoms with Crippen LogP contribution < -0.4 is 14.8 Å². The number of methoxy groups -OCH3 is 1. The summed E-state index contributed by atoms with van der Waals surface area (Å²) in [6, 6.07) is 7.13. The van der Waals surface area contributed by atoms with Crippen molar-refractivity contribution in [2.45, 2.75) is 26.3 Å². The zero-order chi connectivity index (χ0) is 19.2. The van der Waals surface area contributed by atoms with E-state index < -0.39 is 0 Å². The molecule has 2 heterocycles. The Kier molecular flexibility index (Phi) is 6.34. The van der Waals surface area contributed by atoms with E-state index in [-0.39, 0.29) is 11.8 Å². The van der Waals surface area contributed by atoms with Gasteiger partial charge in [0.2, 0.25) is 5.91 Å². The zero-order valence-electron chi connectivity index (χ0n) is 15.6. The molecule has 1 N–H and O–H groups in total. The van der Waals surface area contributed by atoms with Gasteiger partial charge in [0, 0.05) is 36.5 Å². The summed E-state index contributed by atoms with van der Waals surface area (Å²) in [5, 5.41) is 4.88. The second-order valence-corrected chi connectivity index (χ2v) is 7.24. The number of hydrogen-bond acceptors (Lipinski definition) is 5. The average Bonchev–Trinajstić information content (AvgIpc) is 3.16. The molecule has 0 saturated heterocycles. The summed E-state index contributed by atoms with van der Waals surface area (Å²) in [5.41, 5.74) is 1.72. The van der Waals surface area contributed by atoms with E-state index in [2.05, 4.69) is 16.8 Å². The number of carbonyl (C=O) groups excluding carboxylic acids is 2. The summed E-state index contributed by atoms with van der Waals surface area (Å²) in [6.45, 7) is 4.13. The van der Waals surface area contributed by atoms with E-state index in [0.29, 0.717) is 43.2 Å². The van der Waals surface area contributed by atoms with E-state index in [1.165, 1.54) is 17.6 Å². The van der Waals surface area contributed by atoms with Crippen LogP contribution in [0, 0.1) is 0 Å². The van der Waals surface area contributed by atoms with E-state index in [1.807, 2.05) is 11.8 Å². The van der Waals surface area contributed by atoms with Crippen LogP contribution in [0.3, 0.4) is 0 Å². The molecule has 1 aromatic heterocycles. The van der Waals surface area contributed by atoms with Crippen LogP contribution in [0.4, 0.5) is 0 Å². The number of benzene rings is 1. The molecular weight excluding hydrogens is 364 g/mol. The number of nitrogens with one attached hydrogen (secondary N) is 1. The molecule has 27 heavy (non-hydrogen) atoms. The summed E-state index contributed by atoms with van der Waals surface area (Å²) in [6.07, 6.45) is 1.20. The van der Waals surface area contributed by atoms with Crippen molar-refractivity contribution in [3.63, 3.8) is 0 Å². The third-order valence-corrected chi connectivity index (χ3v) is 5.53. The van der Waals surface area contributed by atoms with Gasteiger partial charge in [0.15, 0.2) is 11.5 Å². The molecular formula is C20H24N2O4S. The highest BCUT2D eigenvalue weighted by atomic mass is 32.1. The second-order valence-electron chi connectivity index (χ2n) is 6.24. The smallest absolute Gasteiger partial charge is 0.251 e. The van der Waals surface area contributed by atoms with Gasteiger partial charge in [-0.3, -0.25) is 9.59 Å². The maximum Gasteiger partial charge on any atom is 0.251 e. The molecule has 0 radical (unpaired) electrons. The lowest BCUT2D eigenvalue weighted by atomic mass is 10.1. The average molecular weight is 388 g/mol. The Bertz CT molecular complexity index is 818. The van der Waals surface area contributed by atoms with Crippen molar-refractivity contribution in [2.24, 2.45) is 0 Å². The molecule has 0 saturated carbocycles. The third kappa shape index (κ3) is 4.60. The van der Waals surface area contributed by atoms with Gasteiger partial charge in [0.05, 0.1) is 13.7 Å². The lowest BCUT2D eigenvalue weighted by molar-refractivity contribution is -0.131. The Morgan fingerprint density at radius 2 is 2.11 bits per heavy atom. The molecule has 1 aliphatic heterocycles. The number of hydrogen-bond donors (Lipinski definition) is 1. The molecule has 144 valence electrons. The van der Waals surface area contributed by atoms with Gasteiger partial charge >= 0.3 is 0 Å². The molecule has 0 fully saturated rings. The van der Waals surface area contributed by atoms with Crippen LogP contribution in [0.1, 0.15) is 34.1 Å². The van der Waals surface area contributed by atoms with Crippen molar-refractivity contribution >= 4 is 23.2 Å². The summed E-state index contributed by atoms with van der Waals surface area (Å²) in [5.74, 6) is 0.949. The Hall–Kier alpha value is -2.54. The monoisotopic (exact) mass is 388 g/mol. The van der Waals surface area contributed by atoms with Crippen LogP contribution in [0.2, 0.25) is 0 Å². The fourth-order valence-electron chi connectivity index (χ4n) is 3.09. The van der Waals surface area contributed by atoms with Gasteiger partial charge in [-0.2, -0.15) is 0 Å². The van der Waals surface area contributed by atoms with Crippen molar-refractivity contribution in [1.82, 2.24) is 10.2 Å². The number of carbonyl (C=O) groups is 2. The first-order valence-corrected chi connectivity index (χ1v) is 9.92.